The van der Waals surface area contributed by atoms with E-state index >= 15 is 0 Å². The van der Waals surface area contributed by atoms with Crippen molar-refractivity contribution in [2.45, 2.75) is 13.5 Å². The molecule has 21 heavy (non-hydrogen) atoms. The molecule has 1 N–H and O–H groups in total. The molecule has 0 spiro atoms. The van der Waals surface area contributed by atoms with Gasteiger partial charge in [-0.05, 0) is 18.6 Å². The van der Waals surface area contributed by atoms with Crippen LogP contribution in [-0.4, -0.2) is 5.91 Å². The molecule has 0 unspecified atom stereocenters. The van der Waals surface area contributed by atoms with E-state index in [0.717, 1.165) is 16.5 Å². The molecule has 0 saturated heterocycles. The minimum atomic E-state index is -0.233. The predicted molar refractivity (Wildman–Crippen MR) is 83.6 cm³/mol. The first-order valence-electron chi connectivity index (χ1n) is 6.66. The Bertz CT molecular complexity index is 793. The minimum Gasteiger partial charge on any atom is -0.449 e. The summed E-state index contributed by atoms with van der Waals surface area (Å²) in [7, 11) is 0. The number of para-hydroxylation sites is 1. The zero-order chi connectivity index (χ0) is 14.8. The molecule has 3 aromatic rings. The molecule has 0 saturated carbocycles. The fourth-order valence-electron chi connectivity index (χ4n) is 2.28. The van der Waals surface area contributed by atoms with E-state index in [4.69, 9.17) is 16.0 Å². The topological polar surface area (TPSA) is 42.2 Å². The quantitative estimate of drug-likeness (QED) is 0.782. The van der Waals surface area contributed by atoms with E-state index < -0.39 is 0 Å². The third-order valence-electron chi connectivity index (χ3n) is 3.42. The van der Waals surface area contributed by atoms with Crippen molar-refractivity contribution in [1.82, 2.24) is 5.32 Å². The van der Waals surface area contributed by atoms with Crippen molar-refractivity contribution in [1.29, 1.82) is 0 Å². The zero-order valence-electron chi connectivity index (χ0n) is 11.5. The largest absolute Gasteiger partial charge is 0.449 e. The Hall–Kier alpha value is -2.26. The van der Waals surface area contributed by atoms with Crippen LogP contribution in [0.2, 0.25) is 5.02 Å². The van der Waals surface area contributed by atoms with Crippen molar-refractivity contribution in [3.8, 4) is 0 Å². The Morgan fingerprint density at radius 2 is 1.90 bits per heavy atom. The van der Waals surface area contributed by atoms with Gasteiger partial charge in [0.25, 0.3) is 5.91 Å². The van der Waals surface area contributed by atoms with Gasteiger partial charge in [-0.1, -0.05) is 54.1 Å². The molecule has 1 aromatic heterocycles. The fraction of sp³-hybridized carbons (Fsp3) is 0.118. The van der Waals surface area contributed by atoms with Crippen molar-refractivity contribution in [3.63, 3.8) is 0 Å². The molecule has 0 bridgehead atoms. The van der Waals surface area contributed by atoms with E-state index in [0.29, 0.717) is 22.9 Å². The van der Waals surface area contributed by atoms with Crippen LogP contribution in [0.15, 0.2) is 52.9 Å². The van der Waals surface area contributed by atoms with Crippen molar-refractivity contribution in [2.75, 3.05) is 0 Å². The number of nitrogens with one attached hydrogen (secondary N) is 1. The van der Waals surface area contributed by atoms with Crippen LogP contribution in [-0.2, 0) is 6.54 Å². The van der Waals surface area contributed by atoms with Gasteiger partial charge in [-0.25, -0.2) is 0 Å². The molecule has 0 radical (unpaired) electrons. The molecule has 0 aliphatic rings. The van der Waals surface area contributed by atoms with Crippen molar-refractivity contribution >= 4 is 28.5 Å². The molecular formula is C17H14ClNO2. The Kier molecular flexibility index (Phi) is 3.67. The SMILES string of the molecule is Cc1c(C(=O)NCc2ccccc2)oc2c(Cl)cccc12. The second kappa shape index (κ2) is 5.62. The molecule has 1 heterocycles. The maximum Gasteiger partial charge on any atom is 0.287 e. The minimum absolute atomic E-state index is 0.233. The first-order chi connectivity index (χ1) is 10.2. The number of hydrogen-bond acceptors (Lipinski definition) is 2. The van der Waals surface area contributed by atoms with Crippen LogP contribution in [0.5, 0.6) is 0 Å². The van der Waals surface area contributed by atoms with Crippen LogP contribution >= 0.6 is 11.6 Å². The number of aryl methyl sites for hydroxylation is 1. The Balaban J connectivity index is 1.85. The standard InChI is InChI=1S/C17H14ClNO2/c1-11-13-8-5-9-14(18)16(13)21-15(11)17(20)19-10-12-6-3-2-4-7-12/h2-9H,10H2,1H3,(H,19,20). The summed E-state index contributed by atoms with van der Waals surface area (Å²) in [6.07, 6.45) is 0. The van der Waals surface area contributed by atoms with Crippen LogP contribution in [0.25, 0.3) is 11.0 Å². The molecule has 0 fully saturated rings. The number of carbonyl (C=O) groups is 1. The summed E-state index contributed by atoms with van der Waals surface area (Å²) in [5, 5.41) is 4.24. The predicted octanol–water partition coefficient (Wildman–Crippen LogP) is 4.32. The highest BCUT2D eigenvalue weighted by Gasteiger charge is 2.18. The van der Waals surface area contributed by atoms with E-state index in [1.165, 1.54) is 0 Å². The lowest BCUT2D eigenvalue weighted by Gasteiger charge is -2.03. The lowest BCUT2D eigenvalue weighted by atomic mass is 10.1. The van der Waals surface area contributed by atoms with Gasteiger partial charge in [0.15, 0.2) is 11.3 Å². The van der Waals surface area contributed by atoms with E-state index in [1.54, 1.807) is 6.07 Å². The highest BCUT2D eigenvalue weighted by atomic mass is 35.5. The second-order valence-corrected chi connectivity index (χ2v) is 5.25. The number of amides is 1. The number of halogens is 1. The smallest absolute Gasteiger partial charge is 0.287 e. The Morgan fingerprint density at radius 3 is 2.62 bits per heavy atom. The van der Waals surface area contributed by atoms with Gasteiger partial charge < -0.3 is 9.73 Å². The van der Waals surface area contributed by atoms with E-state index in [9.17, 15) is 4.79 Å². The molecule has 3 nitrogen and oxygen atoms in total. The highest BCUT2D eigenvalue weighted by molar-refractivity contribution is 6.35. The monoisotopic (exact) mass is 299 g/mol. The van der Waals surface area contributed by atoms with Crippen LogP contribution < -0.4 is 5.32 Å². The second-order valence-electron chi connectivity index (χ2n) is 4.84. The van der Waals surface area contributed by atoms with Gasteiger partial charge >= 0.3 is 0 Å². The van der Waals surface area contributed by atoms with Gasteiger partial charge in [-0.2, -0.15) is 0 Å². The molecule has 1 amide bonds. The summed E-state index contributed by atoms with van der Waals surface area (Å²) in [5.41, 5.74) is 2.40. The zero-order valence-corrected chi connectivity index (χ0v) is 12.3. The van der Waals surface area contributed by atoms with Crippen molar-refractivity contribution in [3.05, 3.63) is 70.4 Å². The first kappa shape index (κ1) is 13.7. The Morgan fingerprint density at radius 1 is 1.14 bits per heavy atom. The molecular weight excluding hydrogens is 286 g/mol. The number of furan rings is 1. The summed E-state index contributed by atoms with van der Waals surface area (Å²) in [5.74, 6) is 0.0812. The van der Waals surface area contributed by atoms with Gasteiger partial charge in [-0.15, -0.1) is 0 Å². The number of hydrogen-bond donors (Lipinski definition) is 1. The van der Waals surface area contributed by atoms with E-state index in [1.807, 2.05) is 49.4 Å². The first-order valence-corrected chi connectivity index (χ1v) is 7.04. The maximum absolute atomic E-state index is 12.3. The van der Waals surface area contributed by atoms with E-state index in [2.05, 4.69) is 5.32 Å². The van der Waals surface area contributed by atoms with Crippen molar-refractivity contribution < 1.29 is 9.21 Å². The number of rotatable bonds is 3. The van der Waals surface area contributed by atoms with E-state index in [-0.39, 0.29) is 5.91 Å². The summed E-state index contributed by atoms with van der Waals surface area (Å²) in [4.78, 5) is 12.3. The average molecular weight is 300 g/mol. The third kappa shape index (κ3) is 2.65. The van der Waals surface area contributed by atoms with Crippen LogP contribution in [0.3, 0.4) is 0 Å². The number of carbonyl (C=O) groups excluding carboxylic acids is 1. The summed E-state index contributed by atoms with van der Waals surface area (Å²) in [6.45, 7) is 2.32. The van der Waals surface area contributed by atoms with Crippen molar-refractivity contribution in [2.24, 2.45) is 0 Å². The number of benzene rings is 2. The molecule has 0 atom stereocenters. The summed E-state index contributed by atoms with van der Waals surface area (Å²) in [6, 6.07) is 15.2. The van der Waals surface area contributed by atoms with Crippen LogP contribution in [0, 0.1) is 6.92 Å². The maximum atomic E-state index is 12.3. The average Bonchev–Trinajstić information content (AvgIpc) is 2.85. The van der Waals surface area contributed by atoms with Crippen LogP contribution in [0.4, 0.5) is 0 Å². The van der Waals surface area contributed by atoms with Gasteiger partial charge in [0, 0.05) is 17.5 Å². The van der Waals surface area contributed by atoms with Gasteiger partial charge in [0.1, 0.15) is 0 Å². The normalized spacial score (nSPS) is 10.8. The summed E-state index contributed by atoms with van der Waals surface area (Å²) >= 11 is 6.09. The molecule has 2 aromatic carbocycles. The van der Waals surface area contributed by atoms with Gasteiger partial charge in [-0.3, -0.25) is 4.79 Å². The summed E-state index contributed by atoms with van der Waals surface area (Å²) < 4.78 is 5.64. The highest BCUT2D eigenvalue weighted by Crippen LogP contribution is 2.30. The third-order valence-corrected chi connectivity index (χ3v) is 3.72. The fourth-order valence-corrected chi connectivity index (χ4v) is 2.50. The lowest BCUT2D eigenvalue weighted by Crippen LogP contribution is -2.22. The number of fused-ring (bicyclic) bond motifs is 1. The van der Waals surface area contributed by atoms with Crippen LogP contribution in [0.1, 0.15) is 21.7 Å². The Labute approximate surface area is 127 Å². The molecule has 3 rings (SSSR count). The van der Waals surface area contributed by atoms with Gasteiger partial charge in [0.05, 0.1) is 5.02 Å². The molecule has 4 heteroatoms. The molecule has 0 aliphatic heterocycles. The van der Waals surface area contributed by atoms with Gasteiger partial charge in [0.2, 0.25) is 0 Å². The lowest BCUT2D eigenvalue weighted by molar-refractivity contribution is 0.0924. The molecule has 0 aliphatic carbocycles. The molecule has 106 valence electrons.